The number of unbranched alkanes of at least 4 members (excludes halogenated alkanes) is 3. The third-order valence-corrected chi connectivity index (χ3v) is 3.82. The van der Waals surface area contributed by atoms with Crippen molar-refractivity contribution in [2.75, 3.05) is 46.0 Å². The van der Waals surface area contributed by atoms with E-state index in [1.165, 1.54) is 6.54 Å². The summed E-state index contributed by atoms with van der Waals surface area (Å²) in [5, 5.41) is 26.8. The Morgan fingerprint density at radius 2 is 0.947 bits per heavy atom. The summed E-state index contributed by atoms with van der Waals surface area (Å²) in [6.07, 6.45) is 6.99. The van der Waals surface area contributed by atoms with E-state index in [9.17, 15) is 0 Å². The fraction of sp³-hybridized carbons (Fsp3) is 1.00. The molecule has 19 heavy (non-hydrogen) atoms. The maximum atomic E-state index is 8.95. The van der Waals surface area contributed by atoms with Gasteiger partial charge in [0.2, 0.25) is 0 Å². The van der Waals surface area contributed by atoms with Gasteiger partial charge in [-0.05, 0) is 44.9 Å². The van der Waals surface area contributed by atoms with Crippen molar-refractivity contribution in [3.05, 3.63) is 0 Å². The van der Waals surface area contributed by atoms with Crippen molar-refractivity contribution in [1.29, 1.82) is 0 Å². The first kappa shape index (κ1) is 18.8. The van der Waals surface area contributed by atoms with Gasteiger partial charge in [-0.2, -0.15) is 0 Å². The molecule has 0 aromatic heterocycles. The Bertz CT molecular complexity index is 162. The summed E-state index contributed by atoms with van der Waals surface area (Å²) >= 11 is 0. The Kier molecular flexibility index (Phi) is 12.7. The van der Waals surface area contributed by atoms with Gasteiger partial charge in [0.25, 0.3) is 0 Å². The van der Waals surface area contributed by atoms with E-state index in [0.29, 0.717) is 0 Å². The second-order valence-electron chi connectivity index (χ2n) is 5.53. The van der Waals surface area contributed by atoms with Crippen LogP contribution in [0.25, 0.3) is 0 Å². The van der Waals surface area contributed by atoms with Gasteiger partial charge in [-0.15, -0.1) is 0 Å². The van der Waals surface area contributed by atoms with Crippen LogP contribution < -0.4 is 0 Å². The molecule has 0 heterocycles. The molecule has 0 saturated carbocycles. The predicted octanol–water partition coefficient (Wildman–Crippen LogP) is 1.53. The average Bonchev–Trinajstić information content (AvgIpc) is 2.40. The Morgan fingerprint density at radius 1 is 0.579 bits per heavy atom. The number of hydrogen-bond donors (Lipinski definition) is 3. The minimum atomic E-state index is 0.277. The third-order valence-electron chi connectivity index (χ3n) is 3.82. The van der Waals surface area contributed by atoms with Gasteiger partial charge in [-0.1, -0.05) is 6.92 Å². The lowest BCUT2D eigenvalue weighted by Gasteiger charge is -2.39. The number of nitrogens with zero attached hydrogens (tertiary/aromatic N) is 1. The van der Waals surface area contributed by atoms with Crippen LogP contribution in [0.2, 0.25) is 0 Å². The highest BCUT2D eigenvalue weighted by Crippen LogP contribution is 2.15. The van der Waals surface area contributed by atoms with E-state index in [1.54, 1.807) is 0 Å². The number of aliphatic hydroxyl groups excluding tert-OH is 3. The molecule has 0 fully saturated rings. The lowest BCUT2D eigenvalue weighted by Crippen LogP contribution is -2.50. The summed E-state index contributed by atoms with van der Waals surface area (Å²) in [5.41, 5.74) is 0. The molecule has 0 spiro atoms. The average molecular weight is 276 g/mol. The molecule has 0 bridgehead atoms. The van der Waals surface area contributed by atoms with Gasteiger partial charge in [0.05, 0.1) is 26.2 Å². The molecule has 0 saturated heterocycles. The Hall–Kier alpha value is -0.160. The Labute approximate surface area is 118 Å². The van der Waals surface area contributed by atoms with Crippen molar-refractivity contribution in [1.82, 2.24) is 0 Å². The second-order valence-corrected chi connectivity index (χ2v) is 5.53. The summed E-state index contributed by atoms with van der Waals surface area (Å²) in [6, 6.07) is 0. The largest absolute Gasteiger partial charge is 0.396 e. The van der Waals surface area contributed by atoms with Crippen LogP contribution in [-0.2, 0) is 0 Å². The molecule has 116 valence electrons. The van der Waals surface area contributed by atoms with Gasteiger partial charge in [0, 0.05) is 19.8 Å². The number of quaternary nitrogens is 1. The van der Waals surface area contributed by atoms with Gasteiger partial charge >= 0.3 is 0 Å². The van der Waals surface area contributed by atoms with Crippen molar-refractivity contribution in [3.63, 3.8) is 0 Å². The van der Waals surface area contributed by atoms with Crippen molar-refractivity contribution in [2.24, 2.45) is 0 Å². The molecule has 4 heteroatoms. The summed E-state index contributed by atoms with van der Waals surface area (Å²) in [6.45, 7) is 7.57. The van der Waals surface area contributed by atoms with Crippen LogP contribution in [0.3, 0.4) is 0 Å². The molecule has 0 aromatic rings. The number of rotatable bonds is 14. The maximum Gasteiger partial charge on any atom is 0.0787 e. The molecule has 0 aliphatic rings. The Morgan fingerprint density at radius 3 is 1.21 bits per heavy atom. The minimum Gasteiger partial charge on any atom is -0.396 e. The van der Waals surface area contributed by atoms with Crippen LogP contribution in [0.1, 0.15) is 51.9 Å². The van der Waals surface area contributed by atoms with Crippen molar-refractivity contribution in [2.45, 2.75) is 51.9 Å². The van der Waals surface area contributed by atoms with Gasteiger partial charge in [0.1, 0.15) is 0 Å². The number of hydrogen-bond acceptors (Lipinski definition) is 3. The van der Waals surface area contributed by atoms with E-state index in [2.05, 4.69) is 6.92 Å². The first-order valence-electron chi connectivity index (χ1n) is 7.92. The standard InChI is InChI=1S/C15H34NO3/c1-2-9-16(10-3-6-13-17,11-4-7-14-18)12-5-8-15-19/h17-19H,2-15H2,1H3/q+1. The maximum absolute atomic E-state index is 8.95. The van der Waals surface area contributed by atoms with E-state index in [0.717, 1.165) is 69.1 Å². The molecule has 0 radical (unpaired) electrons. The van der Waals surface area contributed by atoms with E-state index in [-0.39, 0.29) is 19.8 Å². The fourth-order valence-electron chi connectivity index (χ4n) is 2.82. The smallest absolute Gasteiger partial charge is 0.0787 e. The van der Waals surface area contributed by atoms with E-state index < -0.39 is 0 Å². The summed E-state index contributed by atoms with van der Waals surface area (Å²) < 4.78 is 1.09. The van der Waals surface area contributed by atoms with E-state index in [4.69, 9.17) is 15.3 Å². The fourth-order valence-corrected chi connectivity index (χ4v) is 2.82. The summed E-state index contributed by atoms with van der Waals surface area (Å²) in [4.78, 5) is 0. The molecule has 0 atom stereocenters. The zero-order valence-corrected chi connectivity index (χ0v) is 12.7. The first-order chi connectivity index (χ1) is 9.24. The van der Waals surface area contributed by atoms with Gasteiger partial charge in [-0.25, -0.2) is 0 Å². The molecule has 3 N–H and O–H groups in total. The van der Waals surface area contributed by atoms with E-state index >= 15 is 0 Å². The zero-order valence-electron chi connectivity index (χ0n) is 12.7. The van der Waals surface area contributed by atoms with Crippen LogP contribution in [0, 0.1) is 0 Å². The molecule has 0 aromatic carbocycles. The summed E-state index contributed by atoms with van der Waals surface area (Å²) in [5.74, 6) is 0. The lowest BCUT2D eigenvalue weighted by molar-refractivity contribution is -0.929. The molecule has 4 nitrogen and oxygen atoms in total. The summed E-state index contributed by atoms with van der Waals surface area (Å²) in [7, 11) is 0. The van der Waals surface area contributed by atoms with Crippen LogP contribution in [0.4, 0.5) is 0 Å². The van der Waals surface area contributed by atoms with Gasteiger partial charge in [-0.3, -0.25) is 0 Å². The predicted molar refractivity (Wildman–Crippen MR) is 79.0 cm³/mol. The zero-order chi connectivity index (χ0) is 14.4. The van der Waals surface area contributed by atoms with Gasteiger partial charge < -0.3 is 19.8 Å². The monoisotopic (exact) mass is 276 g/mol. The quantitative estimate of drug-likeness (QED) is 0.333. The second kappa shape index (κ2) is 12.9. The number of aliphatic hydroxyl groups is 3. The van der Waals surface area contributed by atoms with Crippen molar-refractivity contribution >= 4 is 0 Å². The minimum absolute atomic E-state index is 0.277. The normalized spacial score (nSPS) is 12.0. The molecule has 0 unspecified atom stereocenters. The lowest BCUT2D eigenvalue weighted by atomic mass is 10.1. The topological polar surface area (TPSA) is 60.7 Å². The Balaban J connectivity index is 4.37. The van der Waals surface area contributed by atoms with Crippen molar-refractivity contribution in [3.8, 4) is 0 Å². The highest BCUT2D eigenvalue weighted by Gasteiger charge is 2.24. The van der Waals surface area contributed by atoms with Crippen LogP contribution in [0.15, 0.2) is 0 Å². The van der Waals surface area contributed by atoms with Crippen LogP contribution in [0.5, 0.6) is 0 Å². The molecular formula is C15H34NO3+. The highest BCUT2D eigenvalue weighted by molar-refractivity contribution is 4.50. The molecular weight excluding hydrogens is 242 g/mol. The van der Waals surface area contributed by atoms with Gasteiger partial charge in [0.15, 0.2) is 0 Å². The molecule has 0 aliphatic carbocycles. The van der Waals surface area contributed by atoms with Crippen LogP contribution in [-0.4, -0.2) is 65.8 Å². The molecule has 0 aliphatic heterocycles. The van der Waals surface area contributed by atoms with Crippen LogP contribution >= 0.6 is 0 Å². The first-order valence-corrected chi connectivity index (χ1v) is 7.92. The molecule has 0 rings (SSSR count). The highest BCUT2D eigenvalue weighted by atomic mass is 16.3. The molecule has 0 amide bonds. The van der Waals surface area contributed by atoms with Crippen molar-refractivity contribution < 1.29 is 19.8 Å². The van der Waals surface area contributed by atoms with E-state index in [1.807, 2.05) is 0 Å². The SMILES string of the molecule is CCC[N+](CCCCO)(CCCCO)CCCCO. The third kappa shape index (κ3) is 9.38.